The molecule has 0 spiro atoms. The number of hydrogen-bond acceptors (Lipinski definition) is 4. The SMILES string of the molecule is CC1CCC(OC(=O)CN2CCCNCC2)CC1. The number of nitrogens with one attached hydrogen (secondary N) is 1. The molecule has 0 unspecified atom stereocenters. The van der Waals surface area contributed by atoms with Crippen LogP contribution >= 0.6 is 0 Å². The lowest BCUT2D eigenvalue weighted by Gasteiger charge is -2.27. The van der Waals surface area contributed by atoms with Gasteiger partial charge in [0, 0.05) is 13.1 Å². The van der Waals surface area contributed by atoms with Gasteiger partial charge in [-0.1, -0.05) is 6.92 Å². The molecule has 0 radical (unpaired) electrons. The molecule has 1 N–H and O–H groups in total. The molecule has 2 aliphatic rings. The van der Waals surface area contributed by atoms with Crippen LogP contribution < -0.4 is 5.32 Å². The van der Waals surface area contributed by atoms with Crippen LogP contribution in [0.25, 0.3) is 0 Å². The molecule has 2 fully saturated rings. The highest BCUT2D eigenvalue weighted by atomic mass is 16.5. The molecule has 0 amide bonds. The summed E-state index contributed by atoms with van der Waals surface area (Å²) in [6.45, 7) is 6.75. The van der Waals surface area contributed by atoms with E-state index in [1.54, 1.807) is 0 Å². The number of esters is 1. The number of nitrogens with zero attached hydrogens (tertiary/aromatic N) is 1. The van der Waals surface area contributed by atoms with Crippen molar-refractivity contribution in [2.45, 2.75) is 45.1 Å². The van der Waals surface area contributed by atoms with Gasteiger partial charge in [-0.05, 0) is 51.1 Å². The van der Waals surface area contributed by atoms with Gasteiger partial charge >= 0.3 is 5.97 Å². The largest absolute Gasteiger partial charge is 0.461 e. The highest BCUT2D eigenvalue weighted by molar-refractivity contribution is 5.71. The van der Waals surface area contributed by atoms with Crippen LogP contribution in [0, 0.1) is 5.92 Å². The van der Waals surface area contributed by atoms with Crippen LogP contribution in [-0.2, 0) is 9.53 Å². The number of hydrogen-bond donors (Lipinski definition) is 1. The first-order valence-electron chi connectivity index (χ1n) is 7.36. The zero-order valence-electron chi connectivity index (χ0n) is 11.5. The van der Waals surface area contributed by atoms with E-state index in [0.29, 0.717) is 6.54 Å². The Kier molecular flexibility index (Phi) is 5.45. The van der Waals surface area contributed by atoms with Crippen molar-refractivity contribution in [1.29, 1.82) is 0 Å². The molecule has 18 heavy (non-hydrogen) atoms. The number of ether oxygens (including phenoxy) is 1. The molecule has 0 aromatic heterocycles. The van der Waals surface area contributed by atoms with Crippen LogP contribution in [-0.4, -0.2) is 49.7 Å². The molecular formula is C14H26N2O2. The second-order valence-electron chi connectivity index (χ2n) is 5.75. The van der Waals surface area contributed by atoms with Gasteiger partial charge < -0.3 is 10.1 Å². The lowest BCUT2D eigenvalue weighted by Crippen LogP contribution is -2.36. The standard InChI is InChI=1S/C14H26N2O2/c1-12-3-5-13(6-4-12)18-14(17)11-16-9-2-7-15-8-10-16/h12-13,15H,2-11H2,1H3. The third-order valence-electron chi connectivity index (χ3n) is 4.05. The lowest BCUT2D eigenvalue weighted by atomic mass is 9.89. The number of rotatable bonds is 3. The van der Waals surface area contributed by atoms with Crippen LogP contribution in [0.15, 0.2) is 0 Å². The molecule has 1 saturated carbocycles. The van der Waals surface area contributed by atoms with Gasteiger partial charge in [-0.3, -0.25) is 9.69 Å². The van der Waals surface area contributed by atoms with Gasteiger partial charge in [-0.15, -0.1) is 0 Å². The van der Waals surface area contributed by atoms with E-state index in [2.05, 4.69) is 17.1 Å². The minimum atomic E-state index is -0.0311. The van der Waals surface area contributed by atoms with Crippen LogP contribution in [0.4, 0.5) is 0 Å². The van der Waals surface area contributed by atoms with Gasteiger partial charge in [0.25, 0.3) is 0 Å². The molecule has 4 heteroatoms. The summed E-state index contributed by atoms with van der Waals surface area (Å²) < 4.78 is 5.58. The quantitative estimate of drug-likeness (QED) is 0.773. The third-order valence-corrected chi connectivity index (χ3v) is 4.05. The Bertz CT molecular complexity index is 255. The minimum absolute atomic E-state index is 0.0311. The van der Waals surface area contributed by atoms with E-state index < -0.39 is 0 Å². The fourth-order valence-electron chi connectivity index (χ4n) is 2.81. The maximum Gasteiger partial charge on any atom is 0.320 e. The normalized spacial score (nSPS) is 30.7. The van der Waals surface area contributed by atoms with Crippen molar-refractivity contribution < 1.29 is 9.53 Å². The molecular weight excluding hydrogens is 228 g/mol. The van der Waals surface area contributed by atoms with Gasteiger partial charge in [0.15, 0.2) is 0 Å². The first-order chi connectivity index (χ1) is 8.74. The van der Waals surface area contributed by atoms with Crippen molar-refractivity contribution in [1.82, 2.24) is 10.2 Å². The Morgan fingerprint density at radius 3 is 2.78 bits per heavy atom. The monoisotopic (exact) mass is 254 g/mol. The smallest absolute Gasteiger partial charge is 0.320 e. The highest BCUT2D eigenvalue weighted by Crippen LogP contribution is 2.25. The summed E-state index contributed by atoms with van der Waals surface area (Å²) in [5, 5.41) is 3.34. The minimum Gasteiger partial charge on any atom is -0.461 e. The van der Waals surface area contributed by atoms with E-state index in [1.165, 1.54) is 12.8 Å². The molecule has 4 nitrogen and oxygen atoms in total. The Hall–Kier alpha value is -0.610. The van der Waals surface area contributed by atoms with E-state index in [1.807, 2.05) is 0 Å². The van der Waals surface area contributed by atoms with E-state index >= 15 is 0 Å². The molecule has 0 aromatic rings. The highest BCUT2D eigenvalue weighted by Gasteiger charge is 2.22. The van der Waals surface area contributed by atoms with Crippen molar-refractivity contribution in [3.05, 3.63) is 0 Å². The maximum atomic E-state index is 11.9. The predicted octanol–water partition coefficient (Wildman–Crippen LogP) is 1.40. The van der Waals surface area contributed by atoms with Gasteiger partial charge in [0.2, 0.25) is 0 Å². The third kappa shape index (κ3) is 4.58. The number of carbonyl (C=O) groups excluding carboxylic acids is 1. The molecule has 2 rings (SSSR count). The summed E-state index contributed by atoms with van der Waals surface area (Å²) in [6, 6.07) is 0. The summed E-state index contributed by atoms with van der Waals surface area (Å²) in [6.07, 6.45) is 5.80. The van der Waals surface area contributed by atoms with Crippen LogP contribution in [0.2, 0.25) is 0 Å². The van der Waals surface area contributed by atoms with Crippen molar-refractivity contribution in [2.24, 2.45) is 5.92 Å². The van der Waals surface area contributed by atoms with Crippen molar-refractivity contribution in [3.8, 4) is 0 Å². The fourth-order valence-corrected chi connectivity index (χ4v) is 2.81. The van der Waals surface area contributed by atoms with Gasteiger partial charge in [-0.25, -0.2) is 0 Å². The Balaban J connectivity index is 1.67. The molecule has 1 aliphatic carbocycles. The zero-order valence-corrected chi connectivity index (χ0v) is 11.5. The second kappa shape index (κ2) is 7.10. The van der Waals surface area contributed by atoms with Crippen molar-refractivity contribution in [2.75, 3.05) is 32.7 Å². The molecule has 0 atom stereocenters. The van der Waals surface area contributed by atoms with Gasteiger partial charge in [0.1, 0.15) is 6.10 Å². The van der Waals surface area contributed by atoms with Crippen molar-refractivity contribution >= 4 is 5.97 Å². The van der Waals surface area contributed by atoms with Crippen LogP contribution in [0.3, 0.4) is 0 Å². The summed E-state index contributed by atoms with van der Waals surface area (Å²) >= 11 is 0. The van der Waals surface area contributed by atoms with Crippen LogP contribution in [0.1, 0.15) is 39.0 Å². The molecule has 1 heterocycles. The summed E-state index contributed by atoms with van der Waals surface area (Å²) in [4.78, 5) is 14.1. The molecule has 0 aromatic carbocycles. The first kappa shape index (κ1) is 13.8. The van der Waals surface area contributed by atoms with Gasteiger partial charge in [-0.2, -0.15) is 0 Å². The molecule has 104 valence electrons. The predicted molar refractivity (Wildman–Crippen MR) is 71.4 cm³/mol. The average Bonchev–Trinajstić information content (AvgIpc) is 2.61. The Morgan fingerprint density at radius 2 is 2.00 bits per heavy atom. The summed E-state index contributed by atoms with van der Waals surface area (Å²) in [5.41, 5.74) is 0. The second-order valence-corrected chi connectivity index (χ2v) is 5.75. The zero-order chi connectivity index (χ0) is 12.8. The molecule has 1 saturated heterocycles. The maximum absolute atomic E-state index is 11.9. The Labute approximate surface area is 110 Å². The molecule has 0 bridgehead atoms. The Morgan fingerprint density at radius 1 is 1.22 bits per heavy atom. The van der Waals surface area contributed by atoms with E-state index in [0.717, 1.165) is 51.4 Å². The number of carbonyl (C=O) groups is 1. The van der Waals surface area contributed by atoms with E-state index in [-0.39, 0.29) is 12.1 Å². The van der Waals surface area contributed by atoms with E-state index in [4.69, 9.17) is 4.74 Å². The topological polar surface area (TPSA) is 41.6 Å². The molecule has 1 aliphatic heterocycles. The first-order valence-corrected chi connectivity index (χ1v) is 7.36. The van der Waals surface area contributed by atoms with Crippen LogP contribution in [0.5, 0.6) is 0 Å². The van der Waals surface area contributed by atoms with E-state index in [9.17, 15) is 4.79 Å². The van der Waals surface area contributed by atoms with Crippen molar-refractivity contribution in [3.63, 3.8) is 0 Å². The summed E-state index contributed by atoms with van der Waals surface area (Å²) in [7, 11) is 0. The van der Waals surface area contributed by atoms with Gasteiger partial charge in [0.05, 0.1) is 6.54 Å². The average molecular weight is 254 g/mol. The lowest BCUT2D eigenvalue weighted by molar-refractivity contribution is -0.152. The fraction of sp³-hybridized carbons (Fsp3) is 0.929. The summed E-state index contributed by atoms with van der Waals surface area (Å²) in [5.74, 6) is 0.771.